The van der Waals surface area contributed by atoms with Gasteiger partial charge in [-0.15, -0.1) is 0 Å². The zero-order chi connectivity index (χ0) is 8.85. The molecule has 0 aliphatic heterocycles. The number of carboxylic acid groups (broad SMARTS) is 2. The highest BCUT2D eigenvalue weighted by Crippen LogP contribution is 1.76. The summed E-state index contributed by atoms with van der Waals surface area (Å²) < 4.78 is 0. The van der Waals surface area contributed by atoms with Gasteiger partial charge < -0.3 is 15.0 Å². The molecule has 6 nitrogen and oxygen atoms in total. The van der Waals surface area contributed by atoms with Gasteiger partial charge in [0.1, 0.15) is 6.29 Å². The van der Waals surface area contributed by atoms with Crippen LogP contribution in [0.25, 0.3) is 0 Å². The Labute approximate surface area is 61.8 Å². The van der Waals surface area contributed by atoms with Crippen LogP contribution in [0, 0.1) is 0 Å². The zero-order valence-corrected chi connectivity index (χ0v) is 5.48. The summed E-state index contributed by atoms with van der Waals surface area (Å²) in [6, 6.07) is -1.44. The standard InChI is InChI=1S/C5H7NO5/c7-2-3(5(10)11)6-1-4(8)9/h2-3,6H,1H2,(H,8,9)(H,10,11). The molecule has 3 N–H and O–H groups in total. The van der Waals surface area contributed by atoms with Crippen molar-refractivity contribution in [2.24, 2.45) is 0 Å². The van der Waals surface area contributed by atoms with Gasteiger partial charge in [0.2, 0.25) is 0 Å². The second-order valence-corrected chi connectivity index (χ2v) is 1.73. The zero-order valence-electron chi connectivity index (χ0n) is 5.48. The lowest BCUT2D eigenvalue weighted by molar-refractivity contribution is -0.141. The topological polar surface area (TPSA) is 104 Å². The first kappa shape index (κ1) is 9.57. The molecule has 0 spiro atoms. The molecule has 0 aliphatic rings. The number of aliphatic carboxylic acids is 2. The number of aldehydes is 1. The molecule has 0 fully saturated rings. The van der Waals surface area contributed by atoms with Gasteiger partial charge in [0.25, 0.3) is 0 Å². The third-order valence-electron chi connectivity index (χ3n) is 0.875. The SMILES string of the molecule is O=CC(NCC(=O)O)C(=O)O. The van der Waals surface area contributed by atoms with Crippen molar-refractivity contribution in [2.75, 3.05) is 6.54 Å². The monoisotopic (exact) mass is 161 g/mol. The van der Waals surface area contributed by atoms with E-state index in [1.807, 2.05) is 5.32 Å². The molecule has 0 rings (SSSR count). The highest BCUT2D eigenvalue weighted by Gasteiger charge is 2.15. The second-order valence-electron chi connectivity index (χ2n) is 1.73. The maximum absolute atomic E-state index is 10.1. The Morgan fingerprint density at radius 3 is 2.27 bits per heavy atom. The van der Waals surface area contributed by atoms with Gasteiger partial charge in [-0.3, -0.25) is 14.9 Å². The van der Waals surface area contributed by atoms with Crippen LogP contribution >= 0.6 is 0 Å². The number of carbonyl (C=O) groups excluding carboxylic acids is 1. The smallest absolute Gasteiger partial charge is 0.328 e. The van der Waals surface area contributed by atoms with Crippen molar-refractivity contribution in [3.63, 3.8) is 0 Å². The van der Waals surface area contributed by atoms with Crippen molar-refractivity contribution < 1.29 is 24.6 Å². The summed E-state index contributed by atoms with van der Waals surface area (Å²) in [6.07, 6.45) is 0.130. The van der Waals surface area contributed by atoms with Crippen molar-refractivity contribution in [1.29, 1.82) is 0 Å². The van der Waals surface area contributed by atoms with Crippen molar-refractivity contribution in [3.05, 3.63) is 0 Å². The molecule has 0 amide bonds. The Balaban J connectivity index is 3.79. The molecule has 0 radical (unpaired) electrons. The minimum Gasteiger partial charge on any atom is -0.480 e. The Kier molecular flexibility index (Phi) is 3.82. The molecule has 0 saturated carbocycles. The van der Waals surface area contributed by atoms with Crippen LogP contribution in [-0.2, 0) is 14.4 Å². The number of nitrogens with one attached hydrogen (secondary N) is 1. The summed E-state index contributed by atoms with van der Waals surface area (Å²) in [7, 11) is 0. The first-order valence-corrected chi connectivity index (χ1v) is 2.71. The van der Waals surface area contributed by atoms with Crippen LogP contribution in [0.15, 0.2) is 0 Å². The minimum atomic E-state index is -1.44. The van der Waals surface area contributed by atoms with Gasteiger partial charge in [0.15, 0.2) is 6.04 Å². The molecule has 6 heteroatoms. The van der Waals surface area contributed by atoms with Crippen molar-refractivity contribution in [2.45, 2.75) is 6.04 Å². The molecule has 0 bridgehead atoms. The number of carboxylic acids is 2. The highest BCUT2D eigenvalue weighted by atomic mass is 16.4. The minimum absolute atomic E-state index is 0.130. The Bertz CT molecular complexity index is 178. The van der Waals surface area contributed by atoms with E-state index in [0.29, 0.717) is 0 Å². The molecule has 0 aromatic heterocycles. The largest absolute Gasteiger partial charge is 0.480 e. The van der Waals surface area contributed by atoms with E-state index in [-0.39, 0.29) is 6.29 Å². The summed E-state index contributed by atoms with van der Waals surface area (Å²) in [5, 5.41) is 18.3. The summed E-state index contributed by atoms with van der Waals surface area (Å²) >= 11 is 0. The summed E-state index contributed by atoms with van der Waals surface area (Å²) in [6.45, 7) is -0.546. The first-order valence-electron chi connectivity index (χ1n) is 2.71. The van der Waals surface area contributed by atoms with Gasteiger partial charge in [-0.2, -0.15) is 0 Å². The van der Waals surface area contributed by atoms with Gasteiger partial charge >= 0.3 is 11.9 Å². The molecule has 1 atom stereocenters. The van der Waals surface area contributed by atoms with Crippen molar-refractivity contribution in [3.8, 4) is 0 Å². The van der Waals surface area contributed by atoms with E-state index < -0.39 is 24.5 Å². The number of carbonyl (C=O) groups is 3. The lowest BCUT2D eigenvalue weighted by Gasteiger charge is -2.03. The van der Waals surface area contributed by atoms with E-state index in [1.54, 1.807) is 0 Å². The van der Waals surface area contributed by atoms with Crippen LogP contribution < -0.4 is 5.32 Å². The van der Waals surface area contributed by atoms with E-state index in [9.17, 15) is 14.4 Å². The van der Waals surface area contributed by atoms with Crippen molar-refractivity contribution in [1.82, 2.24) is 5.32 Å². The van der Waals surface area contributed by atoms with E-state index in [2.05, 4.69) is 0 Å². The fourth-order valence-electron chi connectivity index (χ4n) is 0.391. The summed E-state index contributed by atoms with van der Waals surface area (Å²) in [5.74, 6) is -2.60. The van der Waals surface area contributed by atoms with E-state index in [0.717, 1.165) is 0 Å². The average Bonchev–Trinajstić information content (AvgIpc) is 1.87. The van der Waals surface area contributed by atoms with Gasteiger partial charge in [-0.25, -0.2) is 0 Å². The number of hydrogen-bond acceptors (Lipinski definition) is 4. The molecule has 1 unspecified atom stereocenters. The third kappa shape index (κ3) is 4.04. The van der Waals surface area contributed by atoms with E-state index in [1.165, 1.54) is 0 Å². The average molecular weight is 161 g/mol. The van der Waals surface area contributed by atoms with Gasteiger partial charge in [-0.1, -0.05) is 0 Å². The maximum atomic E-state index is 10.1. The predicted octanol–water partition coefficient (Wildman–Crippen LogP) is -1.69. The fraction of sp³-hybridized carbons (Fsp3) is 0.400. The summed E-state index contributed by atoms with van der Waals surface area (Å²) in [5.41, 5.74) is 0. The Morgan fingerprint density at radius 2 is 2.00 bits per heavy atom. The van der Waals surface area contributed by atoms with E-state index in [4.69, 9.17) is 10.2 Å². The van der Waals surface area contributed by atoms with Crippen LogP contribution in [0.5, 0.6) is 0 Å². The lowest BCUT2D eigenvalue weighted by atomic mass is 10.3. The first-order chi connectivity index (χ1) is 5.07. The molecule has 0 aromatic rings. The number of rotatable bonds is 5. The predicted molar refractivity (Wildman–Crippen MR) is 33.1 cm³/mol. The highest BCUT2D eigenvalue weighted by molar-refractivity contribution is 5.91. The Morgan fingerprint density at radius 1 is 1.45 bits per heavy atom. The normalized spacial score (nSPS) is 12.0. The van der Waals surface area contributed by atoms with Crippen LogP contribution in [0.3, 0.4) is 0 Å². The molecule has 0 saturated heterocycles. The molecular formula is C5H7NO5. The van der Waals surface area contributed by atoms with Gasteiger partial charge in [-0.05, 0) is 0 Å². The van der Waals surface area contributed by atoms with Crippen molar-refractivity contribution >= 4 is 18.2 Å². The quantitative estimate of drug-likeness (QED) is 0.328. The summed E-state index contributed by atoms with van der Waals surface area (Å²) in [4.78, 5) is 29.9. The van der Waals surface area contributed by atoms with Crippen LogP contribution in [-0.4, -0.2) is 41.0 Å². The maximum Gasteiger partial charge on any atom is 0.328 e. The van der Waals surface area contributed by atoms with E-state index >= 15 is 0 Å². The fourth-order valence-corrected chi connectivity index (χ4v) is 0.391. The lowest BCUT2D eigenvalue weighted by Crippen LogP contribution is -2.40. The molecule has 0 aliphatic carbocycles. The Hall–Kier alpha value is -1.43. The molecule has 0 aromatic carbocycles. The van der Waals surface area contributed by atoms with Gasteiger partial charge in [0.05, 0.1) is 6.54 Å². The third-order valence-corrected chi connectivity index (χ3v) is 0.875. The molecular weight excluding hydrogens is 154 g/mol. The number of hydrogen-bond donors (Lipinski definition) is 3. The van der Waals surface area contributed by atoms with Crippen LogP contribution in [0.2, 0.25) is 0 Å². The van der Waals surface area contributed by atoms with Crippen LogP contribution in [0.4, 0.5) is 0 Å². The molecule has 62 valence electrons. The van der Waals surface area contributed by atoms with Crippen LogP contribution in [0.1, 0.15) is 0 Å². The van der Waals surface area contributed by atoms with Gasteiger partial charge in [0, 0.05) is 0 Å². The molecule has 11 heavy (non-hydrogen) atoms. The molecule has 0 heterocycles. The second kappa shape index (κ2) is 4.40.